The van der Waals surface area contributed by atoms with Gasteiger partial charge in [0.1, 0.15) is 12.2 Å². The summed E-state index contributed by atoms with van der Waals surface area (Å²) in [6, 6.07) is 9.56. The maximum atomic E-state index is 10.9. The molecule has 0 fully saturated rings. The second-order valence-electron chi connectivity index (χ2n) is 3.32. The van der Waals surface area contributed by atoms with E-state index in [-0.39, 0.29) is 0 Å². The summed E-state index contributed by atoms with van der Waals surface area (Å²) in [6.07, 6.45) is 7.66. The van der Waals surface area contributed by atoms with Gasteiger partial charge >= 0.3 is 0 Å². The SMILES string of the molecule is C#CCn1cc(C=O)c(-c2ccccc2)n1. The van der Waals surface area contributed by atoms with Crippen LogP contribution in [0.25, 0.3) is 11.3 Å². The molecule has 1 aromatic heterocycles. The lowest BCUT2D eigenvalue weighted by molar-refractivity contribution is 0.112. The van der Waals surface area contributed by atoms with E-state index < -0.39 is 0 Å². The molecule has 3 heteroatoms. The summed E-state index contributed by atoms with van der Waals surface area (Å²) in [4.78, 5) is 10.9. The Morgan fingerprint density at radius 2 is 2.12 bits per heavy atom. The highest BCUT2D eigenvalue weighted by Gasteiger charge is 2.09. The molecular formula is C13H10N2O. The molecule has 0 amide bonds. The smallest absolute Gasteiger partial charge is 0.153 e. The van der Waals surface area contributed by atoms with Crippen LogP contribution in [0.15, 0.2) is 36.5 Å². The topological polar surface area (TPSA) is 34.9 Å². The van der Waals surface area contributed by atoms with Gasteiger partial charge < -0.3 is 0 Å². The predicted molar refractivity (Wildman–Crippen MR) is 61.9 cm³/mol. The summed E-state index contributed by atoms with van der Waals surface area (Å²) < 4.78 is 1.59. The molecule has 0 aliphatic rings. The zero-order valence-electron chi connectivity index (χ0n) is 8.63. The number of hydrogen-bond donors (Lipinski definition) is 0. The van der Waals surface area contributed by atoms with Gasteiger partial charge in [-0.1, -0.05) is 36.3 Å². The van der Waals surface area contributed by atoms with Crippen LogP contribution in [0.1, 0.15) is 10.4 Å². The average molecular weight is 210 g/mol. The minimum atomic E-state index is 0.369. The van der Waals surface area contributed by atoms with Crippen LogP contribution in [0.5, 0.6) is 0 Å². The second kappa shape index (κ2) is 4.45. The molecule has 0 radical (unpaired) electrons. The van der Waals surface area contributed by atoms with E-state index in [1.165, 1.54) is 0 Å². The molecule has 16 heavy (non-hydrogen) atoms. The number of aromatic nitrogens is 2. The molecule has 1 aromatic carbocycles. The van der Waals surface area contributed by atoms with Crippen molar-refractivity contribution >= 4 is 6.29 Å². The molecular weight excluding hydrogens is 200 g/mol. The van der Waals surface area contributed by atoms with E-state index in [0.29, 0.717) is 17.8 Å². The van der Waals surface area contributed by atoms with Crippen LogP contribution in [-0.2, 0) is 6.54 Å². The number of rotatable bonds is 3. The molecule has 78 valence electrons. The molecule has 1 heterocycles. The van der Waals surface area contributed by atoms with Gasteiger partial charge in [0.15, 0.2) is 6.29 Å². The number of carbonyl (C=O) groups excluding carboxylic acids is 1. The maximum absolute atomic E-state index is 10.9. The number of benzene rings is 1. The number of hydrogen-bond acceptors (Lipinski definition) is 2. The zero-order valence-corrected chi connectivity index (χ0v) is 8.63. The van der Waals surface area contributed by atoms with Crippen LogP contribution in [0, 0.1) is 12.3 Å². The summed E-state index contributed by atoms with van der Waals surface area (Å²) in [7, 11) is 0. The Bertz CT molecular complexity index is 535. The minimum Gasteiger partial charge on any atom is -0.298 e. The fourth-order valence-corrected chi connectivity index (χ4v) is 1.52. The van der Waals surface area contributed by atoms with Crippen molar-refractivity contribution in [2.24, 2.45) is 0 Å². The van der Waals surface area contributed by atoms with Gasteiger partial charge in [-0.3, -0.25) is 9.48 Å². The van der Waals surface area contributed by atoms with Gasteiger partial charge in [0, 0.05) is 11.8 Å². The van der Waals surface area contributed by atoms with Crippen LogP contribution in [-0.4, -0.2) is 16.1 Å². The van der Waals surface area contributed by atoms with Gasteiger partial charge in [0.2, 0.25) is 0 Å². The minimum absolute atomic E-state index is 0.369. The first-order valence-electron chi connectivity index (χ1n) is 4.86. The van der Waals surface area contributed by atoms with Gasteiger partial charge in [-0.05, 0) is 0 Å². The largest absolute Gasteiger partial charge is 0.298 e. The molecule has 0 spiro atoms. The maximum Gasteiger partial charge on any atom is 0.153 e. The Hall–Kier alpha value is -2.34. The molecule has 0 saturated heterocycles. The first-order valence-corrected chi connectivity index (χ1v) is 4.86. The summed E-state index contributed by atoms with van der Waals surface area (Å²) in [6.45, 7) is 0.369. The molecule has 0 unspecified atom stereocenters. The summed E-state index contributed by atoms with van der Waals surface area (Å²) in [5.74, 6) is 2.48. The van der Waals surface area contributed by atoms with Crippen molar-refractivity contribution in [2.45, 2.75) is 6.54 Å². The van der Waals surface area contributed by atoms with Crippen molar-refractivity contribution in [3.8, 4) is 23.6 Å². The Labute approximate surface area is 93.7 Å². The third-order valence-corrected chi connectivity index (χ3v) is 2.22. The zero-order chi connectivity index (χ0) is 11.4. The van der Waals surface area contributed by atoms with Crippen LogP contribution in [0.2, 0.25) is 0 Å². The molecule has 3 nitrogen and oxygen atoms in total. The molecule has 2 rings (SSSR count). The van der Waals surface area contributed by atoms with Gasteiger partial charge in [-0.25, -0.2) is 0 Å². The predicted octanol–water partition coefficient (Wildman–Crippen LogP) is 2.00. The van der Waals surface area contributed by atoms with Crippen molar-refractivity contribution in [3.05, 3.63) is 42.1 Å². The average Bonchev–Trinajstić information content (AvgIpc) is 2.74. The third-order valence-electron chi connectivity index (χ3n) is 2.22. The molecule has 0 N–H and O–H groups in total. The fourth-order valence-electron chi connectivity index (χ4n) is 1.52. The lowest BCUT2D eigenvalue weighted by Gasteiger charge is -1.96. The Morgan fingerprint density at radius 1 is 1.38 bits per heavy atom. The highest BCUT2D eigenvalue weighted by atomic mass is 16.1. The highest BCUT2D eigenvalue weighted by molar-refractivity contribution is 5.85. The molecule has 2 aromatic rings. The fraction of sp³-hybridized carbons (Fsp3) is 0.0769. The van der Waals surface area contributed by atoms with Gasteiger partial charge in [-0.2, -0.15) is 5.10 Å². The molecule has 0 saturated carbocycles. The Kier molecular flexibility index (Phi) is 2.84. The second-order valence-corrected chi connectivity index (χ2v) is 3.32. The quantitative estimate of drug-likeness (QED) is 0.573. The van der Waals surface area contributed by atoms with E-state index >= 15 is 0 Å². The van der Waals surface area contributed by atoms with Gasteiger partial charge in [0.05, 0.1) is 5.56 Å². The van der Waals surface area contributed by atoms with Crippen molar-refractivity contribution < 1.29 is 4.79 Å². The van der Waals surface area contributed by atoms with E-state index in [2.05, 4.69) is 11.0 Å². The lowest BCUT2D eigenvalue weighted by Crippen LogP contribution is -1.95. The van der Waals surface area contributed by atoms with E-state index in [1.54, 1.807) is 10.9 Å². The molecule has 0 aliphatic heterocycles. The van der Waals surface area contributed by atoms with Crippen LogP contribution in [0.4, 0.5) is 0 Å². The lowest BCUT2D eigenvalue weighted by atomic mass is 10.1. The van der Waals surface area contributed by atoms with Crippen LogP contribution >= 0.6 is 0 Å². The third kappa shape index (κ3) is 1.86. The van der Waals surface area contributed by atoms with Crippen LogP contribution < -0.4 is 0 Å². The normalized spacial score (nSPS) is 9.69. The summed E-state index contributed by atoms with van der Waals surface area (Å²) in [5, 5.41) is 4.28. The molecule has 0 bridgehead atoms. The van der Waals surface area contributed by atoms with Crippen LogP contribution in [0.3, 0.4) is 0 Å². The van der Waals surface area contributed by atoms with Gasteiger partial charge in [-0.15, -0.1) is 6.42 Å². The molecule has 0 aliphatic carbocycles. The summed E-state index contributed by atoms with van der Waals surface area (Å²) in [5.41, 5.74) is 2.15. The van der Waals surface area contributed by atoms with Gasteiger partial charge in [0.25, 0.3) is 0 Å². The van der Waals surface area contributed by atoms with Crippen molar-refractivity contribution in [3.63, 3.8) is 0 Å². The highest BCUT2D eigenvalue weighted by Crippen LogP contribution is 2.20. The molecule has 0 atom stereocenters. The van der Waals surface area contributed by atoms with E-state index in [4.69, 9.17) is 6.42 Å². The first-order chi connectivity index (χ1) is 7.85. The Balaban J connectivity index is 2.48. The van der Waals surface area contributed by atoms with Crippen molar-refractivity contribution in [2.75, 3.05) is 0 Å². The van der Waals surface area contributed by atoms with E-state index in [0.717, 1.165) is 11.8 Å². The number of terminal acetylenes is 1. The monoisotopic (exact) mass is 210 g/mol. The van der Waals surface area contributed by atoms with Crippen molar-refractivity contribution in [1.29, 1.82) is 0 Å². The Morgan fingerprint density at radius 3 is 2.75 bits per heavy atom. The standard InChI is InChI=1S/C13H10N2O/c1-2-8-15-9-12(10-16)13(14-15)11-6-4-3-5-7-11/h1,3-7,9-10H,8H2. The van der Waals surface area contributed by atoms with Crippen molar-refractivity contribution in [1.82, 2.24) is 9.78 Å². The number of nitrogens with zero attached hydrogens (tertiary/aromatic N) is 2. The van der Waals surface area contributed by atoms with E-state index in [9.17, 15) is 4.79 Å². The number of carbonyl (C=O) groups is 1. The van der Waals surface area contributed by atoms with E-state index in [1.807, 2.05) is 30.3 Å². The number of aldehydes is 1. The first kappa shape index (κ1) is 10.2. The summed E-state index contributed by atoms with van der Waals surface area (Å²) >= 11 is 0.